The van der Waals surface area contributed by atoms with E-state index < -0.39 is 5.60 Å². The fourth-order valence-electron chi connectivity index (χ4n) is 5.28. The van der Waals surface area contributed by atoms with E-state index in [0.717, 1.165) is 52.9 Å². The number of hydrogen-bond acceptors (Lipinski definition) is 4. The lowest BCUT2D eigenvalue weighted by molar-refractivity contribution is 0.0246. The molecule has 33 heavy (non-hydrogen) atoms. The van der Waals surface area contributed by atoms with Crippen LogP contribution in [0, 0.1) is 6.92 Å². The molecular formula is C28H29N3O2. The first-order valence-electron chi connectivity index (χ1n) is 11.7. The van der Waals surface area contributed by atoms with Crippen LogP contribution in [0.4, 0.5) is 5.69 Å². The molecule has 168 valence electrons. The Labute approximate surface area is 194 Å². The molecule has 2 aromatic carbocycles. The van der Waals surface area contributed by atoms with E-state index in [2.05, 4.69) is 80.0 Å². The van der Waals surface area contributed by atoms with Gasteiger partial charge in [0.05, 0.1) is 5.56 Å². The average Bonchev–Trinajstić information content (AvgIpc) is 3.34. The normalized spacial score (nSPS) is 17.3. The lowest BCUT2D eigenvalue weighted by Crippen LogP contribution is -2.31. The topological polar surface area (TPSA) is 58.2 Å². The fraction of sp³-hybridized carbons (Fsp3) is 0.286. The molecule has 0 radical (unpaired) electrons. The van der Waals surface area contributed by atoms with E-state index >= 15 is 0 Å². The third-order valence-electron chi connectivity index (χ3n) is 6.84. The van der Waals surface area contributed by atoms with E-state index in [4.69, 9.17) is 9.72 Å². The third kappa shape index (κ3) is 3.06. The Hall–Kier alpha value is -3.60. The zero-order valence-electron chi connectivity index (χ0n) is 19.6. The van der Waals surface area contributed by atoms with Crippen molar-refractivity contribution in [2.75, 3.05) is 18.0 Å². The van der Waals surface area contributed by atoms with E-state index in [1.54, 1.807) is 12.3 Å². The van der Waals surface area contributed by atoms with Gasteiger partial charge in [0.25, 0.3) is 0 Å². The van der Waals surface area contributed by atoms with Crippen molar-refractivity contribution in [3.63, 3.8) is 0 Å². The number of fused-ring (bicyclic) bond motifs is 2. The average molecular weight is 440 g/mol. The van der Waals surface area contributed by atoms with Crippen molar-refractivity contribution in [2.45, 2.75) is 39.7 Å². The number of cyclic esters (lactones) is 1. The quantitative estimate of drug-likeness (QED) is 0.389. The van der Waals surface area contributed by atoms with Crippen LogP contribution in [-0.2, 0) is 16.8 Å². The first-order valence-corrected chi connectivity index (χ1v) is 11.7. The van der Waals surface area contributed by atoms with Crippen molar-refractivity contribution in [3.8, 4) is 0 Å². The molecule has 1 atom stereocenters. The maximum atomic E-state index is 13.1. The molecule has 2 aromatic heterocycles. The first-order chi connectivity index (χ1) is 16.0. The number of nitrogens with zero attached hydrogens (tertiary/aromatic N) is 2. The molecule has 1 unspecified atom stereocenters. The standard InChI is InChI=1S/C28H29N3O2/c1-5-19-10-8-12-23-24(19)25(18(4)30-23)28(26-22(27(32)33-28)11-9-17-29-26)20-13-15-21(16-14-20)31(6-2)7-3/h8-17,30H,5-7H2,1-4H3. The van der Waals surface area contributed by atoms with Crippen LogP contribution in [0.15, 0.2) is 60.8 Å². The SMILES string of the molecule is CCc1cccc2[nH]c(C)c(C3(c4ccc(N(CC)CC)cc4)OC(=O)c4cccnc43)c12. The number of anilines is 1. The Kier molecular flexibility index (Phi) is 5.20. The molecule has 5 rings (SSSR count). The second-order valence-corrected chi connectivity index (χ2v) is 8.51. The summed E-state index contributed by atoms with van der Waals surface area (Å²) in [6.07, 6.45) is 2.62. The van der Waals surface area contributed by atoms with Gasteiger partial charge in [0, 0.05) is 52.7 Å². The number of aryl methyl sites for hydroxylation is 2. The van der Waals surface area contributed by atoms with E-state index in [9.17, 15) is 4.79 Å². The highest BCUT2D eigenvalue weighted by Crippen LogP contribution is 2.50. The van der Waals surface area contributed by atoms with Gasteiger partial charge in [0.2, 0.25) is 5.60 Å². The van der Waals surface area contributed by atoms with Crippen LogP contribution >= 0.6 is 0 Å². The molecular weight excluding hydrogens is 410 g/mol. The zero-order valence-corrected chi connectivity index (χ0v) is 19.6. The number of carbonyl (C=O) groups excluding carboxylic acids is 1. The number of hydrogen-bond donors (Lipinski definition) is 1. The molecule has 0 saturated heterocycles. The molecule has 5 heteroatoms. The number of ether oxygens (including phenoxy) is 1. The maximum Gasteiger partial charge on any atom is 0.341 e. The molecule has 1 aliphatic rings. The maximum absolute atomic E-state index is 13.1. The van der Waals surface area contributed by atoms with E-state index in [-0.39, 0.29) is 5.97 Å². The minimum Gasteiger partial charge on any atom is -0.439 e. The number of rotatable bonds is 6. The predicted molar refractivity (Wildman–Crippen MR) is 132 cm³/mol. The van der Waals surface area contributed by atoms with Crippen LogP contribution in [0.1, 0.15) is 59.2 Å². The lowest BCUT2D eigenvalue weighted by Gasteiger charge is -2.31. The van der Waals surface area contributed by atoms with Gasteiger partial charge >= 0.3 is 5.97 Å². The summed E-state index contributed by atoms with van der Waals surface area (Å²) in [5.74, 6) is -0.339. The van der Waals surface area contributed by atoms with E-state index in [1.807, 2.05) is 6.07 Å². The van der Waals surface area contributed by atoms with Gasteiger partial charge in [-0.15, -0.1) is 0 Å². The van der Waals surface area contributed by atoms with E-state index in [0.29, 0.717) is 11.3 Å². The molecule has 5 nitrogen and oxygen atoms in total. The number of pyridine rings is 1. The van der Waals surface area contributed by atoms with Gasteiger partial charge < -0.3 is 14.6 Å². The number of aromatic amines is 1. The van der Waals surface area contributed by atoms with Gasteiger partial charge in [-0.25, -0.2) is 4.79 Å². The highest BCUT2D eigenvalue weighted by atomic mass is 16.6. The van der Waals surface area contributed by atoms with Gasteiger partial charge in [0.1, 0.15) is 5.69 Å². The summed E-state index contributed by atoms with van der Waals surface area (Å²) in [5.41, 5.74) is 6.32. The molecule has 0 fully saturated rings. The van der Waals surface area contributed by atoms with Crippen molar-refractivity contribution in [1.82, 2.24) is 9.97 Å². The van der Waals surface area contributed by atoms with E-state index in [1.165, 1.54) is 5.56 Å². The molecule has 0 saturated carbocycles. The zero-order chi connectivity index (χ0) is 23.2. The summed E-state index contributed by atoms with van der Waals surface area (Å²) in [6.45, 7) is 10.4. The highest BCUT2D eigenvalue weighted by Gasteiger charge is 2.52. The number of benzene rings is 2. The smallest absolute Gasteiger partial charge is 0.341 e. The lowest BCUT2D eigenvalue weighted by atomic mass is 9.80. The van der Waals surface area contributed by atoms with Crippen LogP contribution in [0.25, 0.3) is 10.9 Å². The van der Waals surface area contributed by atoms with Crippen LogP contribution < -0.4 is 4.90 Å². The number of carbonyl (C=O) groups is 1. The Bertz CT molecular complexity index is 1340. The molecule has 0 spiro atoms. The fourth-order valence-corrected chi connectivity index (χ4v) is 5.28. The van der Waals surface area contributed by atoms with Gasteiger partial charge in [-0.3, -0.25) is 4.98 Å². The van der Waals surface area contributed by atoms with Crippen LogP contribution in [-0.4, -0.2) is 29.0 Å². The summed E-state index contributed by atoms with van der Waals surface area (Å²) in [7, 11) is 0. The predicted octanol–water partition coefficient (Wildman–Crippen LogP) is 5.74. The molecule has 1 N–H and O–H groups in total. The molecule has 1 aliphatic heterocycles. The van der Waals surface area contributed by atoms with Crippen molar-refractivity contribution >= 4 is 22.6 Å². The number of nitrogens with one attached hydrogen (secondary N) is 1. The number of esters is 1. The molecule has 0 amide bonds. The molecule has 0 aliphatic carbocycles. The summed E-state index contributed by atoms with van der Waals surface area (Å²) >= 11 is 0. The molecule has 4 aromatic rings. The second kappa shape index (κ2) is 8.07. The van der Waals surface area contributed by atoms with Crippen molar-refractivity contribution < 1.29 is 9.53 Å². The van der Waals surface area contributed by atoms with Crippen LogP contribution in [0.5, 0.6) is 0 Å². The number of aromatic nitrogens is 2. The number of H-pyrrole nitrogens is 1. The third-order valence-corrected chi connectivity index (χ3v) is 6.84. The monoisotopic (exact) mass is 439 g/mol. The Balaban J connectivity index is 1.84. The second-order valence-electron chi connectivity index (χ2n) is 8.51. The van der Waals surface area contributed by atoms with Crippen LogP contribution in [0.3, 0.4) is 0 Å². The molecule has 0 bridgehead atoms. The Morgan fingerprint density at radius 2 is 1.76 bits per heavy atom. The van der Waals surface area contributed by atoms with Crippen LogP contribution in [0.2, 0.25) is 0 Å². The van der Waals surface area contributed by atoms with Gasteiger partial charge in [-0.1, -0.05) is 31.2 Å². The van der Waals surface area contributed by atoms with Crippen molar-refractivity contribution in [2.24, 2.45) is 0 Å². The van der Waals surface area contributed by atoms with Crippen molar-refractivity contribution in [3.05, 3.63) is 94.4 Å². The summed E-state index contributed by atoms with van der Waals surface area (Å²) < 4.78 is 6.36. The highest BCUT2D eigenvalue weighted by molar-refractivity contribution is 5.98. The van der Waals surface area contributed by atoms with Gasteiger partial charge in [-0.05, 0) is 63.1 Å². The summed E-state index contributed by atoms with van der Waals surface area (Å²) in [5, 5.41) is 1.11. The summed E-state index contributed by atoms with van der Waals surface area (Å²) in [4.78, 5) is 23.7. The molecule has 3 heterocycles. The summed E-state index contributed by atoms with van der Waals surface area (Å²) in [6, 6.07) is 18.3. The Morgan fingerprint density at radius 3 is 2.45 bits per heavy atom. The van der Waals surface area contributed by atoms with Crippen molar-refractivity contribution in [1.29, 1.82) is 0 Å². The first kappa shape index (κ1) is 21.3. The van der Waals surface area contributed by atoms with Gasteiger partial charge in [0.15, 0.2) is 0 Å². The minimum atomic E-state index is -1.11. The minimum absolute atomic E-state index is 0.339. The Morgan fingerprint density at radius 1 is 1.00 bits per heavy atom. The van der Waals surface area contributed by atoms with Gasteiger partial charge in [-0.2, -0.15) is 0 Å². The largest absolute Gasteiger partial charge is 0.439 e.